The molecule has 1 aliphatic rings. The largest absolute Gasteiger partial charge is 0.497 e. The third kappa shape index (κ3) is 5.84. The molecule has 5 rings (SSSR count). The molecule has 0 saturated carbocycles. The topological polar surface area (TPSA) is 88.6 Å². The lowest BCUT2D eigenvalue weighted by molar-refractivity contribution is 0.162. The Bertz CT molecular complexity index is 1400. The molecule has 1 aliphatic heterocycles. The molecule has 38 heavy (non-hydrogen) atoms. The molecule has 1 fully saturated rings. The van der Waals surface area contributed by atoms with E-state index in [1.807, 2.05) is 36.4 Å². The molecule has 1 atom stereocenters. The Morgan fingerprint density at radius 2 is 1.76 bits per heavy atom. The summed E-state index contributed by atoms with van der Waals surface area (Å²) >= 11 is 5.91. The van der Waals surface area contributed by atoms with E-state index in [1.54, 1.807) is 25.4 Å². The molecule has 198 valence electrons. The minimum absolute atomic E-state index is 0.229. The number of aliphatic hydroxyl groups excluding tert-OH is 1. The van der Waals surface area contributed by atoms with E-state index in [-0.39, 0.29) is 5.69 Å². The summed E-state index contributed by atoms with van der Waals surface area (Å²) in [4.78, 5) is 22.1. The van der Waals surface area contributed by atoms with Crippen molar-refractivity contribution in [2.45, 2.75) is 25.5 Å². The Labute approximate surface area is 226 Å². The summed E-state index contributed by atoms with van der Waals surface area (Å²) in [6.45, 7) is 3.89. The van der Waals surface area contributed by atoms with E-state index in [0.717, 1.165) is 49.0 Å². The van der Waals surface area contributed by atoms with Crippen LogP contribution in [0.1, 0.15) is 24.5 Å². The maximum Gasteiger partial charge on any atom is 0.350 e. The molecule has 0 aliphatic carbocycles. The quantitative estimate of drug-likeness (QED) is 0.348. The number of hydrogen-bond donors (Lipinski definition) is 1. The zero-order chi connectivity index (χ0) is 26.5. The van der Waals surface area contributed by atoms with Crippen LogP contribution in [-0.4, -0.2) is 57.7 Å². The zero-order valence-electron chi connectivity index (χ0n) is 21.3. The van der Waals surface area contributed by atoms with Gasteiger partial charge in [0.05, 0.1) is 25.1 Å². The third-order valence-electron chi connectivity index (χ3n) is 6.87. The number of rotatable bonds is 9. The summed E-state index contributed by atoms with van der Waals surface area (Å²) in [6.07, 6.45) is 3.74. The van der Waals surface area contributed by atoms with E-state index >= 15 is 0 Å². The lowest BCUT2D eigenvalue weighted by Crippen LogP contribution is -2.46. The smallest absolute Gasteiger partial charge is 0.350 e. The van der Waals surface area contributed by atoms with Crippen LogP contribution in [0.15, 0.2) is 78.0 Å². The predicted molar refractivity (Wildman–Crippen MR) is 149 cm³/mol. The zero-order valence-corrected chi connectivity index (χ0v) is 22.0. The first-order valence-corrected chi connectivity index (χ1v) is 13.1. The fourth-order valence-corrected chi connectivity index (χ4v) is 4.79. The summed E-state index contributed by atoms with van der Waals surface area (Å²) in [5.74, 6) is 1.74. The monoisotopic (exact) mass is 534 g/mol. The van der Waals surface area contributed by atoms with Gasteiger partial charge in [0.2, 0.25) is 0 Å². The van der Waals surface area contributed by atoms with Gasteiger partial charge in [0, 0.05) is 49.5 Å². The molecule has 0 bridgehead atoms. The average molecular weight is 535 g/mol. The van der Waals surface area contributed by atoms with E-state index in [0.29, 0.717) is 30.1 Å². The van der Waals surface area contributed by atoms with Crippen LogP contribution in [0.4, 0.5) is 11.5 Å². The summed E-state index contributed by atoms with van der Waals surface area (Å²) in [7, 11) is 1.68. The van der Waals surface area contributed by atoms with E-state index < -0.39 is 6.10 Å². The van der Waals surface area contributed by atoms with Crippen molar-refractivity contribution in [1.29, 1.82) is 0 Å². The third-order valence-corrected chi connectivity index (χ3v) is 7.12. The second kappa shape index (κ2) is 11.7. The normalized spacial score (nSPS) is 14.5. The molecular weight excluding hydrogens is 504 g/mol. The van der Waals surface area contributed by atoms with Gasteiger partial charge in [-0.05, 0) is 54.8 Å². The number of aryl methyl sites for hydroxylation is 1. The van der Waals surface area contributed by atoms with Gasteiger partial charge < -0.3 is 19.6 Å². The lowest BCUT2D eigenvalue weighted by Gasteiger charge is -2.36. The number of methoxy groups -OCH3 is 1. The van der Waals surface area contributed by atoms with Crippen molar-refractivity contribution in [2.75, 3.05) is 43.1 Å². The van der Waals surface area contributed by atoms with E-state index in [1.165, 1.54) is 15.6 Å². The number of ether oxygens (including phenoxy) is 1. The maximum absolute atomic E-state index is 12.9. The van der Waals surface area contributed by atoms with E-state index in [4.69, 9.17) is 16.3 Å². The van der Waals surface area contributed by atoms with Gasteiger partial charge in [-0.1, -0.05) is 29.8 Å². The molecule has 2 aromatic heterocycles. The van der Waals surface area contributed by atoms with Crippen LogP contribution < -0.4 is 20.2 Å². The molecule has 9 nitrogen and oxygen atoms in total. The molecule has 0 amide bonds. The lowest BCUT2D eigenvalue weighted by atomic mass is 10.1. The number of halogens is 1. The van der Waals surface area contributed by atoms with Crippen molar-refractivity contribution in [1.82, 2.24) is 19.3 Å². The Morgan fingerprint density at radius 1 is 1.00 bits per heavy atom. The van der Waals surface area contributed by atoms with Crippen LogP contribution in [0.2, 0.25) is 5.02 Å². The van der Waals surface area contributed by atoms with Gasteiger partial charge in [-0.3, -0.25) is 0 Å². The molecule has 10 heteroatoms. The van der Waals surface area contributed by atoms with Gasteiger partial charge >= 0.3 is 5.69 Å². The number of hydrogen-bond acceptors (Lipinski definition) is 7. The highest BCUT2D eigenvalue weighted by Gasteiger charge is 2.19. The molecule has 1 N–H and O–H groups in total. The Hall–Kier alpha value is -3.82. The van der Waals surface area contributed by atoms with E-state index in [9.17, 15) is 9.90 Å². The number of piperazine rings is 1. The molecule has 2 aromatic carbocycles. The van der Waals surface area contributed by atoms with Crippen molar-refractivity contribution < 1.29 is 9.84 Å². The number of benzene rings is 2. The first kappa shape index (κ1) is 25.8. The second-order valence-corrected chi connectivity index (χ2v) is 9.70. The summed E-state index contributed by atoms with van der Waals surface area (Å²) < 4.78 is 8.26. The number of anilines is 2. The van der Waals surface area contributed by atoms with Gasteiger partial charge in [0.15, 0.2) is 0 Å². The first-order chi connectivity index (χ1) is 18.5. The SMILES string of the molecule is COc1cccc(N2CCN(c3ccc(-n4cnn(CCCC(O)c5ccc(Cl)cc5)c4=O)cn3)CC2)c1. The van der Waals surface area contributed by atoms with Crippen molar-refractivity contribution in [2.24, 2.45) is 0 Å². The van der Waals surface area contributed by atoms with Gasteiger partial charge in [0.1, 0.15) is 17.9 Å². The van der Waals surface area contributed by atoms with Crippen LogP contribution >= 0.6 is 11.6 Å². The molecular formula is C28H31ClN6O3. The van der Waals surface area contributed by atoms with Crippen LogP contribution in [0.5, 0.6) is 5.75 Å². The summed E-state index contributed by atoms with van der Waals surface area (Å²) in [5.41, 5.74) is 2.40. The molecule has 4 aromatic rings. The highest BCUT2D eigenvalue weighted by Crippen LogP contribution is 2.24. The Balaban J connectivity index is 1.16. The van der Waals surface area contributed by atoms with Crippen molar-refractivity contribution >= 4 is 23.1 Å². The van der Waals surface area contributed by atoms with Gasteiger partial charge in [-0.25, -0.2) is 19.0 Å². The standard InChI is InChI=1S/C28H31ClN6O3/c1-38-25-5-2-4-23(18-25)32-14-16-33(17-15-32)27-12-11-24(19-30-27)34-20-31-35(28(34)37)13-3-6-26(36)21-7-9-22(29)10-8-21/h2,4-5,7-12,18-20,26,36H,3,6,13-17H2,1H3. The Morgan fingerprint density at radius 3 is 2.47 bits per heavy atom. The number of nitrogens with zero attached hydrogens (tertiary/aromatic N) is 6. The first-order valence-electron chi connectivity index (χ1n) is 12.7. The fourth-order valence-electron chi connectivity index (χ4n) is 4.66. The highest BCUT2D eigenvalue weighted by atomic mass is 35.5. The van der Waals surface area contributed by atoms with Crippen molar-refractivity contribution in [3.05, 3.63) is 94.3 Å². The Kier molecular flexibility index (Phi) is 7.95. The fraction of sp³-hybridized carbons (Fsp3) is 0.321. The number of aromatic nitrogens is 4. The minimum atomic E-state index is -0.612. The van der Waals surface area contributed by atoms with Gasteiger partial charge in [-0.2, -0.15) is 5.10 Å². The second-order valence-electron chi connectivity index (χ2n) is 9.27. The molecule has 3 heterocycles. The van der Waals surface area contributed by atoms with Crippen LogP contribution in [0, 0.1) is 0 Å². The molecule has 1 saturated heterocycles. The molecule has 0 radical (unpaired) electrons. The van der Waals surface area contributed by atoms with Crippen LogP contribution in [-0.2, 0) is 6.54 Å². The van der Waals surface area contributed by atoms with Crippen molar-refractivity contribution in [3.8, 4) is 11.4 Å². The van der Waals surface area contributed by atoms with Crippen LogP contribution in [0.25, 0.3) is 5.69 Å². The number of aliphatic hydroxyl groups is 1. The predicted octanol–water partition coefficient (Wildman–Crippen LogP) is 3.93. The van der Waals surface area contributed by atoms with E-state index in [2.05, 4.69) is 32.0 Å². The summed E-state index contributed by atoms with van der Waals surface area (Å²) in [5, 5.41) is 15.3. The maximum atomic E-state index is 12.9. The number of pyridine rings is 1. The van der Waals surface area contributed by atoms with Gasteiger partial charge in [0.25, 0.3) is 0 Å². The summed E-state index contributed by atoms with van der Waals surface area (Å²) in [6, 6.07) is 19.1. The average Bonchev–Trinajstić information content (AvgIpc) is 3.33. The highest BCUT2D eigenvalue weighted by molar-refractivity contribution is 6.30. The molecule has 1 unspecified atom stereocenters. The van der Waals surface area contributed by atoms with Crippen molar-refractivity contribution in [3.63, 3.8) is 0 Å². The minimum Gasteiger partial charge on any atom is -0.497 e. The van der Waals surface area contributed by atoms with Gasteiger partial charge in [-0.15, -0.1) is 0 Å². The molecule has 0 spiro atoms. The van der Waals surface area contributed by atoms with Crippen LogP contribution in [0.3, 0.4) is 0 Å².